The van der Waals surface area contributed by atoms with Gasteiger partial charge in [0, 0.05) is 42.8 Å². The molecule has 1 unspecified atom stereocenters. The van der Waals surface area contributed by atoms with Gasteiger partial charge < -0.3 is 15.0 Å². The zero-order chi connectivity index (χ0) is 16.2. The van der Waals surface area contributed by atoms with E-state index in [0.717, 1.165) is 12.2 Å². The maximum Gasteiger partial charge on any atom is 0.311 e. The van der Waals surface area contributed by atoms with Crippen LogP contribution < -0.4 is 10.2 Å². The molecule has 0 radical (unpaired) electrons. The lowest BCUT2D eigenvalue weighted by Crippen LogP contribution is -2.43. The van der Waals surface area contributed by atoms with Gasteiger partial charge >= 0.3 is 5.69 Å². The molecule has 0 amide bonds. The first-order chi connectivity index (χ1) is 11.1. The number of aromatic nitrogens is 2. The molecule has 8 nitrogen and oxygen atoms in total. The maximum absolute atomic E-state index is 11.1. The zero-order valence-electron chi connectivity index (χ0n) is 12.7. The molecule has 3 rings (SSSR count). The third-order valence-corrected chi connectivity index (χ3v) is 3.67. The number of nitrogens with one attached hydrogen (secondary N) is 1. The van der Waals surface area contributed by atoms with Gasteiger partial charge in [-0.25, -0.2) is 9.97 Å². The summed E-state index contributed by atoms with van der Waals surface area (Å²) in [6.07, 6.45) is 3.18. The summed E-state index contributed by atoms with van der Waals surface area (Å²) in [4.78, 5) is 21.1. The second-order valence-electron chi connectivity index (χ2n) is 5.27. The van der Waals surface area contributed by atoms with Crippen molar-refractivity contribution in [1.82, 2.24) is 9.97 Å². The number of ether oxygens (including phenoxy) is 1. The van der Waals surface area contributed by atoms with E-state index >= 15 is 0 Å². The van der Waals surface area contributed by atoms with Crippen molar-refractivity contribution < 1.29 is 9.66 Å². The van der Waals surface area contributed by atoms with Crippen LogP contribution in [0.15, 0.2) is 36.7 Å². The van der Waals surface area contributed by atoms with Gasteiger partial charge in [0.05, 0.1) is 18.1 Å². The van der Waals surface area contributed by atoms with Crippen molar-refractivity contribution >= 4 is 23.0 Å². The van der Waals surface area contributed by atoms with Crippen molar-refractivity contribution in [1.29, 1.82) is 0 Å². The van der Waals surface area contributed by atoms with Crippen molar-refractivity contribution in [3.05, 3.63) is 46.8 Å². The highest BCUT2D eigenvalue weighted by Crippen LogP contribution is 2.26. The predicted molar refractivity (Wildman–Crippen MR) is 86.0 cm³/mol. The van der Waals surface area contributed by atoms with Gasteiger partial charge in [-0.2, -0.15) is 0 Å². The Labute approximate surface area is 133 Å². The van der Waals surface area contributed by atoms with Gasteiger partial charge in [-0.1, -0.05) is 0 Å². The molecule has 0 aliphatic carbocycles. The van der Waals surface area contributed by atoms with Crippen LogP contribution in [0.3, 0.4) is 0 Å². The molecule has 0 bridgehead atoms. The monoisotopic (exact) mass is 315 g/mol. The average Bonchev–Trinajstić information content (AvgIpc) is 2.56. The fraction of sp³-hybridized carbons (Fsp3) is 0.333. The van der Waals surface area contributed by atoms with Crippen molar-refractivity contribution in [2.45, 2.75) is 13.0 Å². The van der Waals surface area contributed by atoms with Crippen LogP contribution in [-0.2, 0) is 4.74 Å². The molecule has 23 heavy (non-hydrogen) atoms. The Kier molecular flexibility index (Phi) is 4.33. The van der Waals surface area contributed by atoms with E-state index in [9.17, 15) is 10.1 Å². The number of nitrogens with zero attached hydrogens (tertiary/aromatic N) is 4. The topological polar surface area (TPSA) is 93.4 Å². The molecule has 2 aromatic heterocycles. The summed E-state index contributed by atoms with van der Waals surface area (Å²) >= 11 is 0. The van der Waals surface area contributed by atoms with E-state index in [4.69, 9.17) is 4.74 Å². The largest absolute Gasteiger partial charge is 0.377 e. The minimum Gasteiger partial charge on any atom is -0.377 e. The molecule has 2 aromatic rings. The summed E-state index contributed by atoms with van der Waals surface area (Å²) in [5.41, 5.74) is 0.913. The second-order valence-corrected chi connectivity index (χ2v) is 5.27. The molecule has 0 saturated carbocycles. The van der Waals surface area contributed by atoms with E-state index in [0.29, 0.717) is 19.0 Å². The number of nitro groups is 1. The van der Waals surface area contributed by atoms with Crippen LogP contribution in [-0.4, -0.2) is 40.7 Å². The first-order valence-electron chi connectivity index (χ1n) is 7.32. The zero-order valence-corrected chi connectivity index (χ0v) is 12.7. The van der Waals surface area contributed by atoms with Crippen LogP contribution in [0.2, 0.25) is 0 Å². The Hall–Kier alpha value is -2.74. The predicted octanol–water partition coefficient (Wildman–Crippen LogP) is 2.35. The molecule has 1 aliphatic heterocycles. The Morgan fingerprint density at radius 2 is 2.26 bits per heavy atom. The summed E-state index contributed by atoms with van der Waals surface area (Å²) in [5.74, 6) is 0.695. The van der Waals surface area contributed by atoms with Crippen molar-refractivity contribution in [3.63, 3.8) is 0 Å². The standard InChI is InChI=1S/C15H17N5O3/c1-11-10-23-8-7-19(11)12-4-6-16-14(9-12)18-15-13(20(21)22)3-2-5-17-15/h2-6,9,11H,7-8,10H2,1H3,(H,16,17,18). The second kappa shape index (κ2) is 6.57. The highest BCUT2D eigenvalue weighted by molar-refractivity contribution is 5.65. The van der Waals surface area contributed by atoms with Crippen molar-refractivity contribution in [2.24, 2.45) is 0 Å². The molecular formula is C15H17N5O3. The van der Waals surface area contributed by atoms with Crippen LogP contribution in [0.25, 0.3) is 0 Å². The average molecular weight is 315 g/mol. The van der Waals surface area contributed by atoms with Gasteiger partial charge in [0.1, 0.15) is 5.82 Å². The molecule has 8 heteroatoms. The minimum atomic E-state index is -0.469. The van der Waals surface area contributed by atoms with Gasteiger partial charge in [-0.05, 0) is 19.1 Å². The van der Waals surface area contributed by atoms with E-state index in [-0.39, 0.29) is 17.5 Å². The number of hydrogen-bond donors (Lipinski definition) is 1. The van der Waals surface area contributed by atoms with Gasteiger partial charge in [0.15, 0.2) is 0 Å². The molecule has 0 spiro atoms. The number of anilines is 3. The summed E-state index contributed by atoms with van der Waals surface area (Å²) in [6, 6.07) is 6.98. The molecule has 1 saturated heterocycles. The molecule has 1 fully saturated rings. The van der Waals surface area contributed by atoms with Crippen LogP contribution >= 0.6 is 0 Å². The van der Waals surface area contributed by atoms with E-state index in [1.165, 1.54) is 18.3 Å². The maximum atomic E-state index is 11.1. The number of rotatable bonds is 4. The molecular weight excluding hydrogens is 298 g/mol. The number of pyridine rings is 2. The van der Waals surface area contributed by atoms with Gasteiger partial charge in [0.2, 0.25) is 5.82 Å². The van der Waals surface area contributed by atoms with Crippen LogP contribution in [0.5, 0.6) is 0 Å². The van der Waals surface area contributed by atoms with Gasteiger partial charge in [-0.15, -0.1) is 0 Å². The smallest absolute Gasteiger partial charge is 0.311 e. The van der Waals surface area contributed by atoms with Crippen LogP contribution in [0, 0.1) is 10.1 Å². The van der Waals surface area contributed by atoms with E-state index < -0.39 is 4.92 Å². The highest BCUT2D eigenvalue weighted by Gasteiger charge is 2.20. The molecule has 1 aliphatic rings. The van der Waals surface area contributed by atoms with Crippen LogP contribution in [0.4, 0.5) is 23.0 Å². The quantitative estimate of drug-likeness (QED) is 0.683. The summed E-state index contributed by atoms with van der Waals surface area (Å²) in [7, 11) is 0. The number of hydrogen-bond acceptors (Lipinski definition) is 7. The van der Waals surface area contributed by atoms with Crippen molar-refractivity contribution in [3.8, 4) is 0 Å². The first-order valence-corrected chi connectivity index (χ1v) is 7.32. The summed E-state index contributed by atoms with van der Waals surface area (Å²) < 4.78 is 5.44. The fourth-order valence-electron chi connectivity index (χ4n) is 2.54. The van der Waals surface area contributed by atoms with E-state index in [1.54, 1.807) is 6.20 Å². The number of morpholine rings is 1. The third kappa shape index (κ3) is 3.37. The Morgan fingerprint density at radius 3 is 3.04 bits per heavy atom. The lowest BCUT2D eigenvalue weighted by atomic mass is 10.2. The summed E-state index contributed by atoms with van der Waals surface area (Å²) in [6.45, 7) is 4.25. The minimum absolute atomic E-state index is 0.0838. The normalized spacial score (nSPS) is 17.8. The van der Waals surface area contributed by atoms with Gasteiger partial charge in [0.25, 0.3) is 0 Å². The van der Waals surface area contributed by atoms with E-state index in [2.05, 4.69) is 27.1 Å². The lowest BCUT2D eigenvalue weighted by Gasteiger charge is -2.35. The van der Waals surface area contributed by atoms with Crippen LogP contribution in [0.1, 0.15) is 6.92 Å². The SMILES string of the molecule is CC1COCCN1c1ccnc(Nc2ncccc2[N+](=O)[O-])c1. The summed E-state index contributed by atoms with van der Waals surface area (Å²) in [5, 5.41) is 14.0. The van der Waals surface area contributed by atoms with E-state index in [1.807, 2.05) is 12.1 Å². The molecule has 3 heterocycles. The Balaban J connectivity index is 1.85. The highest BCUT2D eigenvalue weighted by atomic mass is 16.6. The molecule has 1 atom stereocenters. The van der Waals surface area contributed by atoms with Gasteiger partial charge in [-0.3, -0.25) is 10.1 Å². The third-order valence-electron chi connectivity index (χ3n) is 3.67. The first kappa shape index (κ1) is 15.2. The Morgan fingerprint density at radius 1 is 1.39 bits per heavy atom. The van der Waals surface area contributed by atoms with Crippen molar-refractivity contribution in [2.75, 3.05) is 30.0 Å². The molecule has 120 valence electrons. The molecule has 1 N–H and O–H groups in total. The lowest BCUT2D eigenvalue weighted by molar-refractivity contribution is -0.384. The fourth-order valence-corrected chi connectivity index (χ4v) is 2.54. The molecule has 0 aromatic carbocycles. The Bertz CT molecular complexity index is 709.